The number of anilines is 1. The van der Waals surface area contributed by atoms with Crippen LogP contribution in [0.3, 0.4) is 0 Å². The van der Waals surface area contributed by atoms with Gasteiger partial charge in [-0.1, -0.05) is 20.3 Å². The summed E-state index contributed by atoms with van der Waals surface area (Å²) < 4.78 is 53.4. The number of nitrogens with two attached hydrogens (primary N) is 1. The van der Waals surface area contributed by atoms with E-state index in [1.54, 1.807) is 6.92 Å². The molecule has 0 saturated heterocycles. The van der Waals surface area contributed by atoms with E-state index in [9.17, 15) is 17.2 Å². The average molecular weight is 292 g/mol. The van der Waals surface area contributed by atoms with Gasteiger partial charge in [0.2, 0.25) is 10.0 Å². The van der Waals surface area contributed by atoms with Gasteiger partial charge in [-0.3, -0.25) is 0 Å². The summed E-state index contributed by atoms with van der Waals surface area (Å²) in [6.07, 6.45) is 0.746. The van der Waals surface area contributed by atoms with E-state index in [0.717, 1.165) is 18.6 Å². The SMILES string of the molecule is CCC(C)C(C)NS(=O)(=O)c1c(F)cc(N)cc1F. The molecule has 19 heavy (non-hydrogen) atoms. The van der Waals surface area contributed by atoms with Crippen LogP contribution in [-0.2, 0) is 10.0 Å². The molecule has 0 saturated carbocycles. The number of benzene rings is 1. The largest absolute Gasteiger partial charge is 0.399 e. The average Bonchev–Trinajstić information content (AvgIpc) is 2.24. The Bertz CT molecular complexity index is 538. The number of rotatable bonds is 5. The van der Waals surface area contributed by atoms with Crippen LogP contribution in [0.1, 0.15) is 27.2 Å². The molecular weight excluding hydrogens is 274 g/mol. The molecule has 3 N–H and O–H groups in total. The third kappa shape index (κ3) is 3.63. The third-order valence-corrected chi connectivity index (χ3v) is 4.74. The Balaban J connectivity index is 3.15. The summed E-state index contributed by atoms with van der Waals surface area (Å²) in [6.45, 7) is 5.40. The van der Waals surface area contributed by atoms with Gasteiger partial charge in [-0.15, -0.1) is 0 Å². The van der Waals surface area contributed by atoms with Crippen molar-refractivity contribution >= 4 is 15.7 Å². The summed E-state index contributed by atoms with van der Waals surface area (Å²) >= 11 is 0. The number of nitrogen functional groups attached to an aromatic ring is 1. The van der Waals surface area contributed by atoms with Crippen LogP contribution in [0.25, 0.3) is 0 Å². The molecule has 0 heterocycles. The first kappa shape index (κ1) is 15.8. The molecule has 0 aliphatic heterocycles. The van der Waals surface area contributed by atoms with Crippen molar-refractivity contribution in [2.24, 2.45) is 5.92 Å². The number of nitrogens with one attached hydrogen (secondary N) is 1. The number of sulfonamides is 1. The van der Waals surface area contributed by atoms with Crippen LogP contribution in [0.2, 0.25) is 0 Å². The van der Waals surface area contributed by atoms with Crippen LogP contribution < -0.4 is 10.5 Å². The summed E-state index contributed by atoms with van der Waals surface area (Å²) in [4.78, 5) is -0.989. The molecule has 0 radical (unpaired) electrons. The fraction of sp³-hybridized carbons (Fsp3) is 0.500. The Morgan fingerprint density at radius 3 is 2.16 bits per heavy atom. The first-order valence-corrected chi connectivity index (χ1v) is 7.44. The van der Waals surface area contributed by atoms with E-state index in [0.29, 0.717) is 0 Å². The van der Waals surface area contributed by atoms with Gasteiger partial charge in [0.25, 0.3) is 0 Å². The van der Waals surface area contributed by atoms with Gasteiger partial charge >= 0.3 is 0 Å². The van der Waals surface area contributed by atoms with Gasteiger partial charge in [0, 0.05) is 11.7 Å². The first-order valence-electron chi connectivity index (χ1n) is 5.95. The van der Waals surface area contributed by atoms with Crippen LogP contribution in [0, 0.1) is 17.6 Å². The van der Waals surface area contributed by atoms with Crippen molar-refractivity contribution in [2.75, 3.05) is 5.73 Å². The number of halogens is 2. The van der Waals surface area contributed by atoms with Gasteiger partial charge in [-0.25, -0.2) is 21.9 Å². The van der Waals surface area contributed by atoms with Crippen LogP contribution >= 0.6 is 0 Å². The predicted octanol–water partition coefficient (Wildman–Crippen LogP) is 2.26. The van der Waals surface area contributed by atoms with Crippen molar-refractivity contribution in [3.8, 4) is 0 Å². The molecule has 1 aromatic rings. The normalized spacial score (nSPS) is 15.2. The van der Waals surface area contributed by atoms with E-state index < -0.39 is 32.6 Å². The second-order valence-electron chi connectivity index (χ2n) is 4.61. The molecular formula is C12H18F2N2O2S. The molecule has 0 fully saturated rings. The molecule has 0 aliphatic rings. The van der Waals surface area contributed by atoms with E-state index >= 15 is 0 Å². The third-order valence-electron chi connectivity index (χ3n) is 3.13. The zero-order chi connectivity index (χ0) is 14.8. The number of hydrogen-bond acceptors (Lipinski definition) is 3. The molecule has 0 aromatic heterocycles. The molecule has 1 rings (SSSR count). The maximum absolute atomic E-state index is 13.6. The van der Waals surface area contributed by atoms with Crippen molar-refractivity contribution in [3.63, 3.8) is 0 Å². The minimum atomic E-state index is -4.25. The van der Waals surface area contributed by atoms with Crippen molar-refractivity contribution in [1.29, 1.82) is 0 Å². The van der Waals surface area contributed by atoms with Crippen molar-refractivity contribution in [2.45, 2.75) is 38.1 Å². The molecule has 2 atom stereocenters. The Morgan fingerprint density at radius 1 is 1.26 bits per heavy atom. The molecule has 108 valence electrons. The minimum Gasteiger partial charge on any atom is -0.399 e. The second-order valence-corrected chi connectivity index (χ2v) is 6.26. The summed E-state index contributed by atoms with van der Waals surface area (Å²) in [7, 11) is -4.25. The quantitative estimate of drug-likeness (QED) is 0.818. The Hall–Kier alpha value is -1.21. The second kappa shape index (κ2) is 5.83. The molecule has 0 amide bonds. The molecule has 0 bridgehead atoms. The number of hydrogen-bond donors (Lipinski definition) is 2. The topological polar surface area (TPSA) is 72.2 Å². The van der Waals surface area contributed by atoms with Crippen LogP contribution in [0.15, 0.2) is 17.0 Å². The highest BCUT2D eigenvalue weighted by Crippen LogP contribution is 2.22. The fourth-order valence-electron chi connectivity index (χ4n) is 1.61. The van der Waals surface area contributed by atoms with Gasteiger partial charge in [-0.2, -0.15) is 0 Å². The molecule has 7 heteroatoms. The lowest BCUT2D eigenvalue weighted by Gasteiger charge is -2.20. The standard InChI is InChI=1S/C12H18F2N2O2S/c1-4-7(2)8(3)16-19(17,18)12-10(13)5-9(15)6-11(12)14/h5-8,16H,4,15H2,1-3H3. The van der Waals surface area contributed by atoms with Crippen molar-refractivity contribution in [3.05, 3.63) is 23.8 Å². The highest BCUT2D eigenvalue weighted by molar-refractivity contribution is 7.89. The predicted molar refractivity (Wildman–Crippen MR) is 70.0 cm³/mol. The van der Waals surface area contributed by atoms with Crippen LogP contribution in [0.5, 0.6) is 0 Å². The summed E-state index contributed by atoms with van der Waals surface area (Å²) in [5.41, 5.74) is 5.08. The minimum absolute atomic E-state index is 0.0506. The maximum atomic E-state index is 13.6. The molecule has 0 spiro atoms. The van der Waals surface area contributed by atoms with E-state index in [2.05, 4.69) is 4.72 Å². The van der Waals surface area contributed by atoms with E-state index in [4.69, 9.17) is 5.73 Å². The Morgan fingerprint density at radius 2 is 1.74 bits per heavy atom. The lowest BCUT2D eigenvalue weighted by atomic mass is 10.0. The van der Waals surface area contributed by atoms with E-state index in [1.165, 1.54) is 0 Å². The molecule has 4 nitrogen and oxygen atoms in total. The lowest BCUT2D eigenvalue weighted by molar-refractivity contribution is 0.430. The van der Waals surface area contributed by atoms with Gasteiger partial charge in [0.05, 0.1) is 0 Å². The summed E-state index contributed by atoms with van der Waals surface area (Å²) in [5.74, 6) is -2.34. The van der Waals surface area contributed by atoms with Crippen LogP contribution in [-0.4, -0.2) is 14.5 Å². The fourth-order valence-corrected chi connectivity index (χ4v) is 3.08. The molecule has 0 aliphatic carbocycles. The zero-order valence-corrected chi connectivity index (χ0v) is 11.9. The van der Waals surface area contributed by atoms with Crippen molar-refractivity contribution in [1.82, 2.24) is 4.72 Å². The van der Waals surface area contributed by atoms with Crippen LogP contribution in [0.4, 0.5) is 14.5 Å². The Labute approximate surface area is 112 Å². The first-order chi connectivity index (χ1) is 8.69. The van der Waals surface area contributed by atoms with Gasteiger partial charge in [0.15, 0.2) is 4.90 Å². The highest BCUT2D eigenvalue weighted by Gasteiger charge is 2.27. The lowest BCUT2D eigenvalue weighted by Crippen LogP contribution is -2.37. The maximum Gasteiger partial charge on any atom is 0.246 e. The monoisotopic (exact) mass is 292 g/mol. The smallest absolute Gasteiger partial charge is 0.246 e. The molecule has 1 aromatic carbocycles. The van der Waals surface area contributed by atoms with Crippen molar-refractivity contribution < 1.29 is 17.2 Å². The van der Waals surface area contributed by atoms with E-state index in [1.807, 2.05) is 13.8 Å². The summed E-state index contributed by atoms with van der Waals surface area (Å²) in [6, 6.07) is 1.14. The van der Waals surface area contributed by atoms with E-state index in [-0.39, 0.29) is 11.6 Å². The van der Waals surface area contributed by atoms with Gasteiger partial charge in [0.1, 0.15) is 11.6 Å². The Kier molecular flexibility index (Phi) is 4.86. The zero-order valence-electron chi connectivity index (χ0n) is 11.1. The molecule has 2 unspecified atom stereocenters. The summed E-state index contributed by atoms with van der Waals surface area (Å²) in [5, 5.41) is 0. The van der Waals surface area contributed by atoms with Gasteiger partial charge in [-0.05, 0) is 25.0 Å². The highest BCUT2D eigenvalue weighted by atomic mass is 32.2. The van der Waals surface area contributed by atoms with Gasteiger partial charge < -0.3 is 5.73 Å².